The summed E-state index contributed by atoms with van der Waals surface area (Å²) in [5.41, 5.74) is 2.20. The number of thioether (sulfide) groups is 1. The summed E-state index contributed by atoms with van der Waals surface area (Å²) < 4.78 is 64.0. The molecule has 1 aromatic carbocycles. The molecule has 0 atom stereocenters. The normalized spacial score (nSPS) is 12.6. The van der Waals surface area contributed by atoms with Gasteiger partial charge in [0, 0.05) is 29.0 Å². The van der Waals surface area contributed by atoms with Crippen molar-refractivity contribution in [2.45, 2.75) is 53.1 Å². The highest BCUT2D eigenvalue weighted by Crippen LogP contribution is 2.44. The quantitative estimate of drug-likeness (QED) is 0.0956. The van der Waals surface area contributed by atoms with Gasteiger partial charge in [0.2, 0.25) is 0 Å². The molecule has 0 saturated carbocycles. The Labute approximate surface area is 240 Å². The number of unbranched alkanes of at least 4 members (excludes halogenated alkanes) is 1. The maximum Gasteiger partial charge on any atom is 0.434 e. The lowest BCUT2D eigenvalue weighted by Gasteiger charge is -2.14. The number of aromatic nitrogens is 3. The Kier molecular flexibility index (Phi) is 10.8. The standard InChI is InChI=1S/C29H30ClF4N3S2/c1-18(2)17-38-20(4)15-23-26(21(5)25(31)12-7-6-8-13-30)36-39-27(23)24-16-35-37(28(24)29(32,33)34)22-11-9-10-19(3)14-22/h7,9-12,14,16-17H,4,6,8,13,15H2,1-3,5H3/b12-7-,25-21-. The number of allylic oxidation sites excluding steroid dienone is 6. The first-order valence-corrected chi connectivity index (χ1v) is 14.4. The molecule has 2 heterocycles. The van der Waals surface area contributed by atoms with Crippen LogP contribution < -0.4 is 0 Å². The molecule has 208 valence electrons. The van der Waals surface area contributed by atoms with Crippen LogP contribution in [-0.4, -0.2) is 20.0 Å². The molecule has 0 N–H and O–H groups in total. The van der Waals surface area contributed by atoms with E-state index in [0.717, 1.165) is 27.4 Å². The molecule has 3 nitrogen and oxygen atoms in total. The molecule has 0 spiro atoms. The van der Waals surface area contributed by atoms with Gasteiger partial charge in [-0.25, -0.2) is 9.07 Å². The maximum atomic E-state index is 15.1. The van der Waals surface area contributed by atoms with Gasteiger partial charge in [0.25, 0.3) is 0 Å². The van der Waals surface area contributed by atoms with E-state index < -0.39 is 17.7 Å². The molecule has 39 heavy (non-hydrogen) atoms. The van der Waals surface area contributed by atoms with Crippen molar-refractivity contribution >= 4 is 40.5 Å². The van der Waals surface area contributed by atoms with Gasteiger partial charge in [-0.2, -0.15) is 22.6 Å². The van der Waals surface area contributed by atoms with Gasteiger partial charge in [0.1, 0.15) is 5.83 Å². The molecule has 10 heteroatoms. The summed E-state index contributed by atoms with van der Waals surface area (Å²) in [5.74, 6) is -0.0333. The third-order valence-corrected chi connectivity index (χ3v) is 7.89. The second-order valence-electron chi connectivity index (χ2n) is 9.23. The highest BCUT2D eigenvalue weighted by Gasteiger charge is 2.40. The Morgan fingerprint density at radius 3 is 2.62 bits per heavy atom. The molecular weight excluding hydrogens is 566 g/mol. The third kappa shape index (κ3) is 7.96. The van der Waals surface area contributed by atoms with Crippen LogP contribution in [0.2, 0.25) is 0 Å². The van der Waals surface area contributed by atoms with Crippen molar-refractivity contribution in [3.63, 3.8) is 0 Å². The van der Waals surface area contributed by atoms with Crippen molar-refractivity contribution in [3.05, 3.63) is 93.4 Å². The molecule has 0 amide bonds. The first-order valence-electron chi connectivity index (χ1n) is 12.2. The van der Waals surface area contributed by atoms with Crippen molar-refractivity contribution < 1.29 is 17.6 Å². The topological polar surface area (TPSA) is 30.7 Å². The van der Waals surface area contributed by atoms with E-state index >= 15 is 4.39 Å². The van der Waals surface area contributed by atoms with Crippen molar-refractivity contribution in [3.8, 4) is 16.1 Å². The number of rotatable bonds is 11. The molecule has 0 aliphatic rings. The van der Waals surface area contributed by atoms with Gasteiger partial charge in [-0.1, -0.05) is 30.4 Å². The second kappa shape index (κ2) is 13.6. The summed E-state index contributed by atoms with van der Waals surface area (Å²) in [7, 11) is 0. The number of benzene rings is 1. The predicted octanol–water partition coefficient (Wildman–Crippen LogP) is 10.3. The van der Waals surface area contributed by atoms with E-state index in [1.54, 1.807) is 44.2 Å². The number of nitrogens with zero attached hydrogens (tertiary/aromatic N) is 3. The van der Waals surface area contributed by atoms with Crippen LogP contribution in [0.5, 0.6) is 0 Å². The lowest BCUT2D eigenvalue weighted by molar-refractivity contribution is -0.142. The second-order valence-corrected chi connectivity index (χ2v) is 11.4. The summed E-state index contributed by atoms with van der Waals surface area (Å²) in [6.45, 7) is 11.4. The van der Waals surface area contributed by atoms with Crippen LogP contribution in [0.4, 0.5) is 17.6 Å². The fourth-order valence-corrected chi connectivity index (χ4v) is 5.52. The van der Waals surface area contributed by atoms with E-state index in [0.29, 0.717) is 40.6 Å². The molecule has 0 aliphatic carbocycles. The largest absolute Gasteiger partial charge is 0.434 e. The minimum absolute atomic E-state index is 0.103. The molecule has 0 saturated heterocycles. The fraction of sp³-hybridized carbons (Fsp3) is 0.310. The van der Waals surface area contributed by atoms with Crippen molar-refractivity contribution in [2.24, 2.45) is 0 Å². The van der Waals surface area contributed by atoms with Crippen LogP contribution in [0, 0.1) is 6.92 Å². The maximum absolute atomic E-state index is 15.1. The molecule has 3 rings (SSSR count). The van der Waals surface area contributed by atoms with Crippen molar-refractivity contribution in [2.75, 3.05) is 5.88 Å². The van der Waals surface area contributed by atoms with Crippen LogP contribution in [0.1, 0.15) is 56.1 Å². The first-order chi connectivity index (χ1) is 18.4. The van der Waals surface area contributed by atoms with E-state index in [1.165, 1.54) is 24.0 Å². The predicted molar refractivity (Wildman–Crippen MR) is 157 cm³/mol. The Hall–Kier alpha value is -2.62. The monoisotopic (exact) mass is 595 g/mol. The molecule has 3 aromatic rings. The summed E-state index contributed by atoms with van der Waals surface area (Å²) in [6.07, 6.45) is 1.08. The molecule has 0 fully saturated rings. The van der Waals surface area contributed by atoms with Crippen LogP contribution in [0.15, 0.2) is 70.9 Å². The van der Waals surface area contributed by atoms with E-state index in [1.807, 2.05) is 19.3 Å². The Balaban J connectivity index is 2.19. The van der Waals surface area contributed by atoms with Crippen molar-refractivity contribution in [1.82, 2.24) is 14.2 Å². The minimum Gasteiger partial charge on any atom is -0.228 e. The van der Waals surface area contributed by atoms with Gasteiger partial charge >= 0.3 is 6.18 Å². The van der Waals surface area contributed by atoms with Crippen LogP contribution in [0.3, 0.4) is 0 Å². The van der Waals surface area contributed by atoms with Gasteiger partial charge in [-0.05, 0) is 86.2 Å². The number of aryl methyl sites for hydroxylation is 1. The van der Waals surface area contributed by atoms with E-state index in [4.69, 9.17) is 11.6 Å². The molecular formula is C29H30ClF4N3S2. The number of hydrogen-bond donors (Lipinski definition) is 0. The minimum atomic E-state index is -4.70. The average Bonchev–Trinajstić information content (AvgIpc) is 3.49. The summed E-state index contributed by atoms with van der Waals surface area (Å²) in [4.78, 5) is 0.984. The molecule has 0 aliphatic heterocycles. The van der Waals surface area contributed by atoms with Crippen LogP contribution >= 0.6 is 34.9 Å². The van der Waals surface area contributed by atoms with Gasteiger partial charge in [0.15, 0.2) is 5.69 Å². The molecule has 0 bridgehead atoms. The summed E-state index contributed by atoms with van der Waals surface area (Å²) in [6, 6.07) is 6.71. The molecule has 0 unspecified atom stereocenters. The van der Waals surface area contributed by atoms with E-state index in [9.17, 15) is 13.2 Å². The zero-order valence-corrected chi connectivity index (χ0v) is 24.6. The van der Waals surface area contributed by atoms with Crippen molar-refractivity contribution in [1.29, 1.82) is 0 Å². The highest BCUT2D eigenvalue weighted by atomic mass is 35.5. The molecule has 0 radical (unpaired) electrons. The Morgan fingerprint density at radius 1 is 1.23 bits per heavy atom. The zero-order valence-electron chi connectivity index (χ0n) is 22.2. The number of hydrogen-bond acceptors (Lipinski definition) is 4. The van der Waals surface area contributed by atoms with Gasteiger partial charge in [-0.15, -0.1) is 23.4 Å². The summed E-state index contributed by atoms with van der Waals surface area (Å²) in [5, 5.41) is 6.05. The Bertz CT molecular complexity index is 1410. The molecule has 2 aromatic heterocycles. The average molecular weight is 596 g/mol. The van der Waals surface area contributed by atoms with E-state index in [-0.39, 0.29) is 22.4 Å². The zero-order chi connectivity index (χ0) is 28.7. The fourth-order valence-electron chi connectivity index (χ4n) is 3.78. The third-order valence-electron chi connectivity index (χ3n) is 5.63. The van der Waals surface area contributed by atoms with Gasteiger partial charge < -0.3 is 0 Å². The number of alkyl halides is 4. The van der Waals surface area contributed by atoms with Gasteiger partial charge in [0.05, 0.1) is 22.5 Å². The van der Waals surface area contributed by atoms with Crippen LogP contribution in [0.25, 0.3) is 21.7 Å². The van der Waals surface area contributed by atoms with Crippen LogP contribution in [-0.2, 0) is 12.6 Å². The van der Waals surface area contributed by atoms with Gasteiger partial charge in [-0.3, -0.25) is 0 Å². The SMILES string of the molecule is C=C(Cc1c(/C(C)=C(F)/C=C\CCCCl)nsc1-c1cnn(-c2cccc(C)c2)c1C(F)(F)F)SC=C(C)C. The lowest BCUT2D eigenvalue weighted by Crippen LogP contribution is -2.14. The Morgan fingerprint density at radius 2 is 1.97 bits per heavy atom. The first kappa shape index (κ1) is 30.9. The smallest absolute Gasteiger partial charge is 0.228 e. The van der Waals surface area contributed by atoms with E-state index in [2.05, 4.69) is 16.1 Å². The lowest BCUT2D eigenvalue weighted by atomic mass is 10.0. The summed E-state index contributed by atoms with van der Waals surface area (Å²) >= 11 is 7.99. The number of halogens is 5. The highest BCUT2D eigenvalue weighted by molar-refractivity contribution is 8.05.